The van der Waals surface area contributed by atoms with Crippen molar-refractivity contribution in [3.05, 3.63) is 64.2 Å². The molecule has 0 saturated carbocycles. The average molecular weight is 329 g/mol. The van der Waals surface area contributed by atoms with Crippen LogP contribution >= 0.6 is 0 Å². The predicted octanol–water partition coefficient (Wildman–Crippen LogP) is 1.97. The number of hydrogen-bond acceptors (Lipinski definition) is 5. The van der Waals surface area contributed by atoms with Gasteiger partial charge in [0.25, 0.3) is 11.8 Å². The first-order valence-corrected chi connectivity index (χ1v) is 6.99. The number of amides is 2. The van der Waals surface area contributed by atoms with E-state index in [1.807, 2.05) is 0 Å². The maximum Gasteiger partial charge on any atom is 0.310 e. The molecule has 0 bridgehead atoms. The average Bonchev–Trinajstić information content (AvgIpc) is 2.59. The van der Waals surface area contributed by atoms with Gasteiger partial charge in [-0.15, -0.1) is 0 Å². The topological polar surface area (TPSA) is 111 Å². The van der Waals surface area contributed by atoms with Crippen LogP contribution in [0, 0.1) is 10.1 Å². The van der Waals surface area contributed by atoms with Gasteiger partial charge in [-0.3, -0.25) is 19.7 Å². The lowest BCUT2D eigenvalue weighted by Crippen LogP contribution is -2.21. The molecule has 0 radical (unpaired) electrons. The Morgan fingerprint density at radius 2 is 1.92 bits per heavy atom. The normalized spacial score (nSPS) is 9.88. The summed E-state index contributed by atoms with van der Waals surface area (Å²) in [6, 6.07) is 12.2. The van der Waals surface area contributed by atoms with Crippen LogP contribution in [0.4, 0.5) is 11.4 Å². The van der Waals surface area contributed by atoms with E-state index in [1.54, 1.807) is 24.3 Å². The highest BCUT2D eigenvalue weighted by molar-refractivity contribution is 5.97. The second-order valence-corrected chi connectivity index (χ2v) is 4.72. The van der Waals surface area contributed by atoms with E-state index in [0.717, 1.165) is 0 Å². The van der Waals surface area contributed by atoms with Crippen molar-refractivity contribution in [3.8, 4) is 5.75 Å². The second-order valence-electron chi connectivity index (χ2n) is 4.72. The maximum absolute atomic E-state index is 11.9. The molecule has 8 nitrogen and oxygen atoms in total. The lowest BCUT2D eigenvalue weighted by molar-refractivity contribution is -0.385. The molecule has 0 unspecified atom stereocenters. The first kappa shape index (κ1) is 16.9. The molecule has 2 rings (SSSR count). The molecule has 2 aromatic carbocycles. The Hall–Kier alpha value is -3.42. The summed E-state index contributed by atoms with van der Waals surface area (Å²) in [5.74, 6) is -0.763. The van der Waals surface area contributed by atoms with Crippen molar-refractivity contribution in [3.63, 3.8) is 0 Å². The van der Waals surface area contributed by atoms with E-state index in [0.29, 0.717) is 11.3 Å². The largest absolute Gasteiger partial charge is 0.477 e. The van der Waals surface area contributed by atoms with Crippen LogP contribution in [0.15, 0.2) is 48.5 Å². The van der Waals surface area contributed by atoms with Crippen LogP contribution in [-0.4, -0.2) is 30.4 Å². The Morgan fingerprint density at radius 1 is 1.17 bits per heavy atom. The van der Waals surface area contributed by atoms with E-state index in [4.69, 9.17) is 4.74 Å². The molecular formula is C16H15N3O5. The SMILES string of the molecule is CNC(=O)c1cccc(NC(=O)COc2ccccc2[N+](=O)[O-])c1. The molecule has 2 amide bonds. The van der Waals surface area contributed by atoms with Crippen LogP contribution in [0.1, 0.15) is 10.4 Å². The molecule has 0 aromatic heterocycles. The zero-order chi connectivity index (χ0) is 17.5. The van der Waals surface area contributed by atoms with Crippen molar-refractivity contribution in [2.45, 2.75) is 0 Å². The number of ether oxygens (including phenoxy) is 1. The molecule has 8 heteroatoms. The molecule has 0 fully saturated rings. The van der Waals surface area contributed by atoms with Gasteiger partial charge >= 0.3 is 5.69 Å². The second kappa shape index (κ2) is 7.73. The van der Waals surface area contributed by atoms with Gasteiger partial charge in [-0.1, -0.05) is 18.2 Å². The number of carbonyl (C=O) groups is 2. The van der Waals surface area contributed by atoms with Gasteiger partial charge in [-0.25, -0.2) is 0 Å². The number of para-hydroxylation sites is 2. The van der Waals surface area contributed by atoms with Gasteiger partial charge in [0.15, 0.2) is 12.4 Å². The monoisotopic (exact) mass is 329 g/mol. The minimum absolute atomic E-state index is 0.0109. The number of nitrogens with one attached hydrogen (secondary N) is 2. The summed E-state index contributed by atoms with van der Waals surface area (Å²) in [6.45, 7) is -0.394. The van der Waals surface area contributed by atoms with Crippen LogP contribution in [0.25, 0.3) is 0 Å². The molecular weight excluding hydrogens is 314 g/mol. The van der Waals surface area contributed by atoms with E-state index in [-0.39, 0.29) is 17.3 Å². The highest BCUT2D eigenvalue weighted by Crippen LogP contribution is 2.25. The molecule has 0 aliphatic heterocycles. The fourth-order valence-corrected chi connectivity index (χ4v) is 1.95. The zero-order valence-corrected chi connectivity index (χ0v) is 12.8. The summed E-state index contributed by atoms with van der Waals surface area (Å²) in [6.07, 6.45) is 0. The minimum atomic E-state index is -0.583. The summed E-state index contributed by atoms with van der Waals surface area (Å²) >= 11 is 0. The molecule has 2 N–H and O–H groups in total. The van der Waals surface area contributed by atoms with Crippen LogP contribution in [0.5, 0.6) is 5.75 Å². The number of nitro benzene ring substituents is 1. The summed E-state index contributed by atoms with van der Waals surface area (Å²) in [5, 5.41) is 15.9. The molecule has 0 spiro atoms. The van der Waals surface area contributed by atoms with Crippen LogP contribution in [0.2, 0.25) is 0 Å². The number of benzene rings is 2. The summed E-state index contributed by atoms with van der Waals surface area (Å²) in [7, 11) is 1.51. The van der Waals surface area contributed by atoms with Crippen molar-refractivity contribution in [1.82, 2.24) is 5.32 Å². The number of anilines is 1. The Bertz CT molecular complexity index is 776. The number of nitro groups is 1. The van der Waals surface area contributed by atoms with Crippen molar-refractivity contribution >= 4 is 23.2 Å². The van der Waals surface area contributed by atoms with Crippen LogP contribution < -0.4 is 15.4 Å². The number of carbonyl (C=O) groups excluding carboxylic acids is 2. The lowest BCUT2D eigenvalue weighted by atomic mass is 10.2. The third-order valence-corrected chi connectivity index (χ3v) is 3.06. The van der Waals surface area contributed by atoms with Gasteiger partial charge in [-0.05, 0) is 24.3 Å². The third kappa shape index (κ3) is 4.29. The number of rotatable bonds is 6. The molecule has 24 heavy (non-hydrogen) atoms. The highest BCUT2D eigenvalue weighted by atomic mass is 16.6. The third-order valence-electron chi connectivity index (χ3n) is 3.06. The van der Waals surface area contributed by atoms with Crippen molar-refractivity contribution in [2.24, 2.45) is 0 Å². The lowest BCUT2D eigenvalue weighted by Gasteiger charge is -2.08. The predicted molar refractivity (Wildman–Crippen MR) is 87.1 cm³/mol. The molecule has 0 aliphatic rings. The maximum atomic E-state index is 11.9. The van der Waals surface area contributed by atoms with Gasteiger partial charge in [0.1, 0.15) is 0 Å². The molecule has 0 atom stereocenters. The molecule has 2 aromatic rings. The zero-order valence-electron chi connectivity index (χ0n) is 12.8. The molecule has 0 heterocycles. The van der Waals surface area contributed by atoms with Crippen molar-refractivity contribution in [2.75, 3.05) is 19.0 Å². The van der Waals surface area contributed by atoms with Crippen molar-refractivity contribution < 1.29 is 19.2 Å². The number of hydrogen-bond donors (Lipinski definition) is 2. The fourth-order valence-electron chi connectivity index (χ4n) is 1.95. The van der Waals surface area contributed by atoms with E-state index >= 15 is 0 Å². The fraction of sp³-hybridized carbons (Fsp3) is 0.125. The van der Waals surface area contributed by atoms with E-state index in [1.165, 1.54) is 31.3 Å². The van der Waals surface area contributed by atoms with Gasteiger partial charge in [-0.2, -0.15) is 0 Å². The molecule has 124 valence electrons. The molecule has 0 saturated heterocycles. The summed E-state index contributed by atoms with van der Waals surface area (Å²) < 4.78 is 5.20. The number of nitrogens with zero attached hydrogens (tertiary/aromatic N) is 1. The first-order chi connectivity index (χ1) is 11.5. The highest BCUT2D eigenvalue weighted by Gasteiger charge is 2.15. The summed E-state index contributed by atoms with van der Waals surface area (Å²) in [5.41, 5.74) is 0.606. The van der Waals surface area contributed by atoms with Gasteiger partial charge in [0.05, 0.1) is 4.92 Å². The van der Waals surface area contributed by atoms with Crippen molar-refractivity contribution in [1.29, 1.82) is 0 Å². The van der Waals surface area contributed by atoms with Gasteiger partial charge < -0.3 is 15.4 Å². The van der Waals surface area contributed by atoms with E-state index < -0.39 is 17.4 Å². The molecule has 0 aliphatic carbocycles. The minimum Gasteiger partial charge on any atom is -0.477 e. The smallest absolute Gasteiger partial charge is 0.310 e. The quantitative estimate of drug-likeness (QED) is 0.622. The van der Waals surface area contributed by atoms with Crippen LogP contribution in [-0.2, 0) is 4.79 Å². The first-order valence-electron chi connectivity index (χ1n) is 6.99. The van der Waals surface area contributed by atoms with Gasteiger partial charge in [0.2, 0.25) is 0 Å². The Morgan fingerprint density at radius 3 is 2.62 bits per heavy atom. The Kier molecular flexibility index (Phi) is 5.45. The van der Waals surface area contributed by atoms with Gasteiger partial charge in [0, 0.05) is 24.4 Å². The Balaban J connectivity index is 1.99. The Labute approximate surface area is 137 Å². The standard InChI is InChI=1S/C16H15N3O5/c1-17-16(21)11-5-4-6-12(9-11)18-15(20)10-24-14-8-3-2-7-13(14)19(22)23/h2-9H,10H2,1H3,(H,17,21)(H,18,20). The van der Waals surface area contributed by atoms with Crippen LogP contribution in [0.3, 0.4) is 0 Å². The summed E-state index contributed by atoms with van der Waals surface area (Å²) in [4.78, 5) is 33.8. The van der Waals surface area contributed by atoms with E-state index in [9.17, 15) is 19.7 Å². The van der Waals surface area contributed by atoms with E-state index in [2.05, 4.69) is 10.6 Å².